The second-order valence-corrected chi connectivity index (χ2v) is 4.03. The Morgan fingerprint density at radius 1 is 1.59 bits per heavy atom. The molecule has 2 rings (SSSR count). The van der Waals surface area contributed by atoms with Crippen LogP contribution in [0.1, 0.15) is 5.56 Å². The van der Waals surface area contributed by atoms with E-state index in [1.807, 2.05) is 4.90 Å². The number of benzene rings is 1. The van der Waals surface area contributed by atoms with E-state index in [1.54, 1.807) is 12.1 Å². The first-order valence-electron chi connectivity index (χ1n) is 5.47. The molecule has 17 heavy (non-hydrogen) atoms. The van der Waals surface area contributed by atoms with E-state index in [-0.39, 0.29) is 5.82 Å². The van der Waals surface area contributed by atoms with E-state index in [0.717, 1.165) is 0 Å². The van der Waals surface area contributed by atoms with E-state index in [4.69, 9.17) is 15.7 Å². The summed E-state index contributed by atoms with van der Waals surface area (Å²) >= 11 is 0. The first-order chi connectivity index (χ1) is 8.20. The second-order valence-electron chi connectivity index (χ2n) is 4.03. The molecule has 1 atom stereocenters. The van der Waals surface area contributed by atoms with Crippen molar-refractivity contribution >= 4 is 5.69 Å². The Hall–Kier alpha value is -1.64. The van der Waals surface area contributed by atoms with Crippen molar-refractivity contribution in [1.82, 2.24) is 4.90 Å². The normalized spacial score (nSPS) is 21.1. The highest BCUT2D eigenvalue weighted by Gasteiger charge is 2.21. The number of halogens is 1. The minimum Gasteiger partial charge on any atom is -0.398 e. The van der Waals surface area contributed by atoms with E-state index in [2.05, 4.69) is 6.07 Å². The maximum atomic E-state index is 13.6. The van der Waals surface area contributed by atoms with Crippen molar-refractivity contribution in [3.05, 3.63) is 29.6 Å². The zero-order chi connectivity index (χ0) is 12.3. The van der Waals surface area contributed by atoms with Gasteiger partial charge in [-0.25, -0.2) is 4.39 Å². The van der Waals surface area contributed by atoms with Gasteiger partial charge in [-0.2, -0.15) is 5.26 Å². The SMILES string of the molecule is N#CC1CN(Cc2c(N)cccc2F)CCO1. The third-order valence-electron chi connectivity index (χ3n) is 2.83. The number of morpholine rings is 1. The van der Waals surface area contributed by atoms with Gasteiger partial charge in [0.05, 0.1) is 12.7 Å². The number of nitrogens with zero attached hydrogens (tertiary/aromatic N) is 2. The van der Waals surface area contributed by atoms with Crippen molar-refractivity contribution in [2.75, 3.05) is 25.4 Å². The standard InChI is InChI=1S/C12H14FN3O/c13-11-2-1-3-12(15)10(11)8-16-4-5-17-9(6-14)7-16/h1-3,9H,4-5,7-8,15H2. The smallest absolute Gasteiger partial charge is 0.156 e. The molecule has 0 aliphatic carbocycles. The summed E-state index contributed by atoms with van der Waals surface area (Å²) in [6.45, 7) is 2.09. The molecule has 0 amide bonds. The van der Waals surface area contributed by atoms with Crippen LogP contribution in [0, 0.1) is 17.1 Å². The second kappa shape index (κ2) is 5.13. The minimum atomic E-state index is -0.434. The summed E-state index contributed by atoms with van der Waals surface area (Å²) in [6, 6.07) is 6.73. The molecule has 1 aliphatic rings. The molecule has 1 saturated heterocycles. The number of hydrogen-bond acceptors (Lipinski definition) is 4. The lowest BCUT2D eigenvalue weighted by molar-refractivity contribution is -0.00296. The van der Waals surface area contributed by atoms with Crippen molar-refractivity contribution in [3.8, 4) is 6.07 Å². The topological polar surface area (TPSA) is 62.3 Å². The van der Waals surface area contributed by atoms with Crippen LogP contribution >= 0.6 is 0 Å². The third-order valence-corrected chi connectivity index (χ3v) is 2.83. The number of nitriles is 1. The Kier molecular flexibility index (Phi) is 3.57. The van der Waals surface area contributed by atoms with Crippen LogP contribution in [0.5, 0.6) is 0 Å². The molecular weight excluding hydrogens is 221 g/mol. The minimum absolute atomic E-state index is 0.301. The van der Waals surface area contributed by atoms with Crippen LogP contribution in [0.4, 0.5) is 10.1 Å². The van der Waals surface area contributed by atoms with Crippen molar-refractivity contribution in [2.45, 2.75) is 12.6 Å². The van der Waals surface area contributed by atoms with Gasteiger partial charge in [0.2, 0.25) is 0 Å². The number of nitrogen functional groups attached to an aromatic ring is 1. The fourth-order valence-corrected chi connectivity index (χ4v) is 1.89. The Morgan fingerprint density at radius 3 is 3.12 bits per heavy atom. The molecule has 2 N–H and O–H groups in total. The molecule has 4 nitrogen and oxygen atoms in total. The predicted molar refractivity (Wildman–Crippen MR) is 61.4 cm³/mol. The molecule has 0 spiro atoms. The van der Waals surface area contributed by atoms with Crippen LogP contribution in [0.15, 0.2) is 18.2 Å². The van der Waals surface area contributed by atoms with Gasteiger partial charge in [-0.15, -0.1) is 0 Å². The average Bonchev–Trinajstić information content (AvgIpc) is 2.34. The molecule has 1 fully saturated rings. The Labute approximate surface area is 99.4 Å². The van der Waals surface area contributed by atoms with Crippen molar-refractivity contribution in [3.63, 3.8) is 0 Å². The fourth-order valence-electron chi connectivity index (χ4n) is 1.89. The van der Waals surface area contributed by atoms with Crippen molar-refractivity contribution in [2.24, 2.45) is 0 Å². The lowest BCUT2D eigenvalue weighted by atomic mass is 10.1. The van der Waals surface area contributed by atoms with Crippen molar-refractivity contribution in [1.29, 1.82) is 5.26 Å². The summed E-state index contributed by atoms with van der Waals surface area (Å²) in [5, 5.41) is 8.78. The first kappa shape index (κ1) is 11.8. The summed E-state index contributed by atoms with van der Waals surface area (Å²) in [5.41, 5.74) is 6.68. The Morgan fingerprint density at radius 2 is 2.41 bits per heavy atom. The highest BCUT2D eigenvalue weighted by Crippen LogP contribution is 2.19. The molecule has 0 radical (unpaired) electrons. The van der Waals surface area contributed by atoms with Gasteiger partial charge in [0.1, 0.15) is 5.82 Å². The van der Waals surface area contributed by atoms with Crippen LogP contribution in [0.2, 0.25) is 0 Å². The molecule has 1 aromatic carbocycles. The third kappa shape index (κ3) is 2.73. The van der Waals surface area contributed by atoms with Gasteiger partial charge in [-0.05, 0) is 12.1 Å². The Bertz CT molecular complexity index is 424. The summed E-state index contributed by atoms with van der Waals surface area (Å²) < 4.78 is 18.8. The molecule has 5 heteroatoms. The monoisotopic (exact) mass is 235 g/mol. The van der Waals surface area contributed by atoms with Crippen LogP contribution in [0.25, 0.3) is 0 Å². The van der Waals surface area contributed by atoms with E-state index in [9.17, 15) is 4.39 Å². The molecule has 1 aromatic rings. The maximum Gasteiger partial charge on any atom is 0.156 e. The van der Waals surface area contributed by atoms with Crippen LogP contribution in [0.3, 0.4) is 0 Å². The molecule has 0 aromatic heterocycles. The molecule has 0 bridgehead atoms. The molecule has 1 aliphatic heterocycles. The van der Waals surface area contributed by atoms with E-state index in [1.165, 1.54) is 6.07 Å². The lowest BCUT2D eigenvalue weighted by Gasteiger charge is -2.30. The van der Waals surface area contributed by atoms with Crippen LogP contribution in [-0.4, -0.2) is 30.7 Å². The molecular formula is C12H14FN3O. The molecule has 90 valence electrons. The molecule has 1 heterocycles. The number of hydrogen-bond donors (Lipinski definition) is 1. The predicted octanol–water partition coefficient (Wildman–Crippen LogP) is 1.13. The first-order valence-corrected chi connectivity index (χ1v) is 5.47. The quantitative estimate of drug-likeness (QED) is 0.781. The van der Waals surface area contributed by atoms with Gasteiger partial charge in [0.15, 0.2) is 6.10 Å². The zero-order valence-electron chi connectivity index (χ0n) is 9.40. The van der Waals surface area contributed by atoms with Gasteiger partial charge in [0.25, 0.3) is 0 Å². The van der Waals surface area contributed by atoms with Gasteiger partial charge in [-0.1, -0.05) is 6.07 Å². The highest BCUT2D eigenvalue weighted by atomic mass is 19.1. The highest BCUT2D eigenvalue weighted by molar-refractivity contribution is 5.47. The maximum absolute atomic E-state index is 13.6. The van der Waals surface area contributed by atoms with Gasteiger partial charge < -0.3 is 10.5 Å². The van der Waals surface area contributed by atoms with Crippen LogP contribution in [-0.2, 0) is 11.3 Å². The summed E-state index contributed by atoms with van der Waals surface area (Å²) in [7, 11) is 0. The average molecular weight is 235 g/mol. The van der Waals surface area contributed by atoms with E-state index in [0.29, 0.717) is 37.5 Å². The summed E-state index contributed by atoms with van der Waals surface area (Å²) in [6.07, 6.45) is -0.434. The summed E-state index contributed by atoms with van der Waals surface area (Å²) in [4.78, 5) is 1.98. The summed E-state index contributed by atoms with van der Waals surface area (Å²) in [5.74, 6) is -0.301. The fraction of sp³-hybridized carbons (Fsp3) is 0.417. The molecule has 1 unspecified atom stereocenters. The van der Waals surface area contributed by atoms with E-state index < -0.39 is 6.10 Å². The lowest BCUT2D eigenvalue weighted by Crippen LogP contribution is -2.41. The van der Waals surface area contributed by atoms with Gasteiger partial charge in [0, 0.05) is 30.9 Å². The number of anilines is 1. The van der Waals surface area contributed by atoms with E-state index >= 15 is 0 Å². The number of rotatable bonds is 2. The zero-order valence-corrected chi connectivity index (χ0v) is 9.40. The number of ether oxygens (including phenoxy) is 1. The molecule has 0 saturated carbocycles. The van der Waals surface area contributed by atoms with Crippen LogP contribution < -0.4 is 5.73 Å². The largest absolute Gasteiger partial charge is 0.398 e. The number of nitrogens with two attached hydrogens (primary N) is 1. The van der Waals surface area contributed by atoms with Crippen molar-refractivity contribution < 1.29 is 9.13 Å². The Balaban J connectivity index is 2.08. The van der Waals surface area contributed by atoms with Gasteiger partial charge >= 0.3 is 0 Å². The van der Waals surface area contributed by atoms with Gasteiger partial charge in [-0.3, -0.25) is 4.90 Å².